The summed E-state index contributed by atoms with van der Waals surface area (Å²) in [6, 6.07) is 67.9. The van der Waals surface area contributed by atoms with Gasteiger partial charge in [-0.2, -0.15) is 0 Å². The van der Waals surface area contributed by atoms with Crippen molar-refractivity contribution in [2.24, 2.45) is 0 Å². The summed E-state index contributed by atoms with van der Waals surface area (Å²) in [5.41, 5.74) is 22.7. The first-order chi connectivity index (χ1) is 32.6. The Hall–Kier alpha value is -7.30. The van der Waals surface area contributed by atoms with Gasteiger partial charge in [-0.1, -0.05) is 208 Å². The molecule has 0 aliphatic carbocycles. The maximum absolute atomic E-state index is 7.21. The Morgan fingerprint density at radius 3 is 1.51 bits per heavy atom. The first-order valence-corrected chi connectivity index (χ1v) is 24.3. The number of anilines is 3. The molecular formula is C64H57BN2O. The van der Waals surface area contributed by atoms with Crippen LogP contribution in [-0.2, 0) is 16.2 Å². The molecule has 0 fully saturated rings. The Bertz CT molecular complexity index is 3580. The summed E-state index contributed by atoms with van der Waals surface area (Å²) in [6.45, 7) is 20.8. The van der Waals surface area contributed by atoms with E-state index in [1.165, 1.54) is 77.7 Å². The van der Waals surface area contributed by atoms with E-state index in [0.29, 0.717) is 0 Å². The van der Waals surface area contributed by atoms with Crippen molar-refractivity contribution in [1.29, 1.82) is 0 Å². The van der Waals surface area contributed by atoms with E-state index >= 15 is 0 Å². The van der Waals surface area contributed by atoms with E-state index in [0.717, 1.165) is 44.8 Å². The van der Waals surface area contributed by atoms with Gasteiger partial charge in [-0.25, -0.2) is 0 Å². The van der Waals surface area contributed by atoms with Gasteiger partial charge in [-0.05, 0) is 96.4 Å². The highest BCUT2D eigenvalue weighted by molar-refractivity contribution is 6.90. The van der Waals surface area contributed by atoms with Crippen molar-refractivity contribution in [1.82, 2.24) is 4.48 Å². The molecule has 4 heterocycles. The second-order valence-electron chi connectivity index (χ2n) is 22.2. The fourth-order valence-electron chi connectivity index (χ4n) is 11.1. The molecule has 0 unspecified atom stereocenters. The molecule has 2 aromatic heterocycles. The molecule has 0 spiro atoms. The molecule has 0 saturated heterocycles. The maximum Gasteiger partial charge on any atom is 0.333 e. The number of furan rings is 1. The zero-order valence-electron chi connectivity index (χ0n) is 40.7. The van der Waals surface area contributed by atoms with E-state index in [1.807, 2.05) is 0 Å². The molecule has 332 valence electrons. The summed E-state index contributed by atoms with van der Waals surface area (Å²) in [4.78, 5) is 2.55. The van der Waals surface area contributed by atoms with Gasteiger partial charge in [0, 0.05) is 67.4 Å². The quantitative estimate of drug-likeness (QED) is 0.161. The molecule has 0 atom stereocenters. The SMILES string of the molecule is CC(C)(C)c1ccc(N2c3cc4oc(-c5ccccc5)c(-c5ccccc5)c4cc3B3c4c(cc(C(C)(C)C)cc42)-c2cc(C(C)(C)C)cc4c(-c5ccccc5)c(-c5ccccc5)n3c24)cc1. The van der Waals surface area contributed by atoms with Crippen molar-refractivity contribution >= 4 is 56.7 Å². The normalized spacial score (nSPS) is 13.3. The second kappa shape index (κ2) is 15.1. The highest BCUT2D eigenvalue weighted by Gasteiger charge is 2.46. The fourth-order valence-corrected chi connectivity index (χ4v) is 11.1. The topological polar surface area (TPSA) is 21.3 Å². The Morgan fingerprint density at radius 1 is 0.426 bits per heavy atom. The molecule has 3 nitrogen and oxygen atoms in total. The molecule has 2 aliphatic rings. The number of nitrogens with zero attached hydrogens (tertiary/aromatic N) is 2. The first-order valence-electron chi connectivity index (χ1n) is 24.3. The lowest BCUT2D eigenvalue weighted by Crippen LogP contribution is -2.57. The number of hydrogen-bond donors (Lipinski definition) is 0. The third-order valence-corrected chi connectivity index (χ3v) is 14.6. The standard InChI is InChI=1S/C64H57BN2O/c1-62(2,3)44-30-32-47(33-31-44)66-53-39-55-50(57(41-24-16-11-17-25-41)61(68-55)43-28-20-13-21-29-43)38-52(53)65-58-48(34-46(37-54(58)66)64(7,8)9)49-35-45(63(4,5)6)36-51-56(40-22-14-10-15-23-40)59(67(65)60(49)51)42-26-18-12-19-27-42/h10-39H,1-9H3. The molecular weight excluding hydrogens is 824 g/mol. The maximum atomic E-state index is 7.21. The number of rotatable bonds is 5. The van der Waals surface area contributed by atoms with Gasteiger partial charge >= 0.3 is 6.85 Å². The summed E-state index contributed by atoms with van der Waals surface area (Å²) in [6.07, 6.45) is 0. The predicted molar refractivity (Wildman–Crippen MR) is 290 cm³/mol. The van der Waals surface area contributed by atoms with Gasteiger partial charge in [-0.3, -0.25) is 0 Å². The van der Waals surface area contributed by atoms with Crippen molar-refractivity contribution in [2.75, 3.05) is 4.90 Å². The van der Waals surface area contributed by atoms with Gasteiger partial charge in [0.05, 0.1) is 0 Å². The molecule has 4 heteroatoms. The lowest BCUT2D eigenvalue weighted by atomic mass is 9.44. The van der Waals surface area contributed by atoms with Crippen LogP contribution >= 0.6 is 0 Å². The lowest BCUT2D eigenvalue weighted by molar-refractivity contribution is 0.589. The number of aromatic nitrogens is 1. The average molecular weight is 881 g/mol. The highest BCUT2D eigenvalue weighted by Crippen LogP contribution is 2.52. The van der Waals surface area contributed by atoms with Gasteiger partial charge < -0.3 is 13.8 Å². The molecule has 68 heavy (non-hydrogen) atoms. The van der Waals surface area contributed by atoms with Crippen LogP contribution in [0.5, 0.6) is 0 Å². The first kappa shape index (κ1) is 42.1. The zero-order valence-corrected chi connectivity index (χ0v) is 40.7. The van der Waals surface area contributed by atoms with Crippen LogP contribution < -0.4 is 15.8 Å². The molecule has 12 rings (SSSR count). The van der Waals surface area contributed by atoms with Crippen molar-refractivity contribution in [3.63, 3.8) is 0 Å². The van der Waals surface area contributed by atoms with Crippen molar-refractivity contribution in [3.05, 3.63) is 199 Å². The van der Waals surface area contributed by atoms with Gasteiger partial charge in [0.2, 0.25) is 0 Å². The molecule has 0 saturated carbocycles. The van der Waals surface area contributed by atoms with E-state index in [-0.39, 0.29) is 23.1 Å². The molecule has 2 aliphatic heterocycles. The van der Waals surface area contributed by atoms with Crippen molar-refractivity contribution in [2.45, 2.75) is 78.6 Å². The smallest absolute Gasteiger partial charge is 0.333 e. The Kier molecular flexibility index (Phi) is 9.35. The third-order valence-electron chi connectivity index (χ3n) is 14.6. The predicted octanol–water partition coefficient (Wildman–Crippen LogP) is 16.4. The van der Waals surface area contributed by atoms with E-state index in [4.69, 9.17) is 4.42 Å². The Balaban J connectivity index is 1.29. The molecule has 0 radical (unpaired) electrons. The van der Waals surface area contributed by atoms with Crippen LogP contribution in [0, 0.1) is 0 Å². The molecule has 10 aromatic rings. The largest absolute Gasteiger partial charge is 0.455 e. The number of benzene rings is 8. The zero-order chi connectivity index (χ0) is 46.9. The number of hydrogen-bond acceptors (Lipinski definition) is 2. The van der Waals surface area contributed by atoms with Crippen LogP contribution in [0.1, 0.15) is 79.0 Å². The molecule has 0 N–H and O–H groups in total. The summed E-state index contributed by atoms with van der Waals surface area (Å²) < 4.78 is 9.95. The van der Waals surface area contributed by atoms with Gasteiger partial charge in [0.15, 0.2) is 0 Å². The molecule has 0 amide bonds. The van der Waals surface area contributed by atoms with Crippen LogP contribution in [-0.4, -0.2) is 11.3 Å². The van der Waals surface area contributed by atoms with Crippen LogP contribution in [0.4, 0.5) is 17.1 Å². The minimum atomic E-state index is -0.180. The fraction of sp³-hybridized carbons (Fsp3) is 0.188. The third kappa shape index (κ3) is 6.55. The van der Waals surface area contributed by atoms with Crippen LogP contribution in [0.2, 0.25) is 0 Å². The van der Waals surface area contributed by atoms with Crippen molar-refractivity contribution < 1.29 is 4.42 Å². The summed E-state index contributed by atoms with van der Waals surface area (Å²) in [5, 5.41) is 2.39. The van der Waals surface area contributed by atoms with E-state index in [1.54, 1.807) is 0 Å². The Labute approximate surface area is 401 Å². The Morgan fingerprint density at radius 2 is 0.941 bits per heavy atom. The molecule has 8 aromatic carbocycles. The number of fused-ring (bicyclic) bond motifs is 5. The minimum Gasteiger partial charge on any atom is -0.455 e. The van der Waals surface area contributed by atoms with Crippen LogP contribution in [0.25, 0.3) is 77.8 Å². The summed E-state index contributed by atoms with van der Waals surface area (Å²) in [5.74, 6) is 0.881. The van der Waals surface area contributed by atoms with Gasteiger partial charge in [0.25, 0.3) is 0 Å². The van der Waals surface area contributed by atoms with Crippen LogP contribution in [0.3, 0.4) is 0 Å². The average Bonchev–Trinajstić information content (AvgIpc) is 3.88. The van der Waals surface area contributed by atoms with Gasteiger partial charge in [-0.15, -0.1) is 0 Å². The summed E-state index contributed by atoms with van der Waals surface area (Å²) >= 11 is 0. The van der Waals surface area contributed by atoms with E-state index in [9.17, 15) is 0 Å². The van der Waals surface area contributed by atoms with E-state index < -0.39 is 0 Å². The van der Waals surface area contributed by atoms with Crippen molar-refractivity contribution in [3.8, 4) is 56.0 Å². The highest BCUT2D eigenvalue weighted by atomic mass is 16.3. The lowest BCUT2D eigenvalue weighted by Gasteiger charge is -2.42. The molecule has 0 bridgehead atoms. The minimum absolute atomic E-state index is 0.00925. The monoisotopic (exact) mass is 880 g/mol. The van der Waals surface area contributed by atoms with E-state index in [2.05, 4.69) is 254 Å². The van der Waals surface area contributed by atoms with Crippen LogP contribution in [0.15, 0.2) is 186 Å². The second-order valence-corrected chi connectivity index (χ2v) is 22.2. The van der Waals surface area contributed by atoms with Gasteiger partial charge in [0.1, 0.15) is 11.3 Å². The summed E-state index contributed by atoms with van der Waals surface area (Å²) in [7, 11) is 0.